The number of rotatable bonds is 18. The SMILES string of the molecule is CCCCCCCCCCOOCCCCCCCC(C)C. The van der Waals surface area contributed by atoms with Gasteiger partial charge in [-0.3, -0.25) is 0 Å². The number of hydrogen-bond donors (Lipinski definition) is 0. The third-order valence-electron chi connectivity index (χ3n) is 4.17. The van der Waals surface area contributed by atoms with Crippen molar-refractivity contribution in [1.29, 1.82) is 0 Å². The minimum Gasteiger partial charge on any atom is -0.237 e. The van der Waals surface area contributed by atoms with Gasteiger partial charge in [-0.2, -0.15) is 0 Å². The van der Waals surface area contributed by atoms with Crippen LogP contribution in [-0.2, 0) is 9.78 Å². The van der Waals surface area contributed by atoms with E-state index in [9.17, 15) is 0 Å². The fourth-order valence-electron chi connectivity index (χ4n) is 2.66. The molecule has 0 unspecified atom stereocenters. The van der Waals surface area contributed by atoms with Gasteiger partial charge in [0.15, 0.2) is 0 Å². The molecule has 134 valence electrons. The Kier molecular flexibility index (Phi) is 18.9. The van der Waals surface area contributed by atoms with E-state index in [-0.39, 0.29) is 0 Å². The predicted octanol–water partition coefficient (Wildman–Crippen LogP) is 7.07. The van der Waals surface area contributed by atoms with Crippen LogP contribution in [0.3, 0.4) is 0 Å². The molecule has 0 amide bonds. The summed E-state index contributed by atoms with van der Waals surface area (Å²) in [5, 5.41) is 0. The molecule has 0 rings (SSSR count). The Morgan fingerprint density at radius 2 is 0.955 bits per heavy atom. The van der Waals surface area contributed by atoms with Gasteiger partial charge in [0, 0.05) is 0 Å². The lowest BCUT2D eigenvalue weighted by molar-refractivity contribution is -0.295. The molecule has 0 spiro atoms. The Hall–Kier alpha value is -0.0800. The van der Waals surface area contributed by atoms with Crippen LogP contribution >= 0.6 is 0 Å². The van der Waals surface area contributed by atoms with Crippen LogP contribution in [0.4, 0.5) is 0 Å². The van der Waals surface area contributed by atoms with Crippen molar-refractivity contribution in [2.75, 3.05) is 13.2 Å². The van der Waals surface area contributed by atoms with Crippen molar-refractivity contribution in [3.63, 3.8) is 0 Å². The summed E-state index contributed by atoms with van der Waals surface area (Å²) in [7, 11) is 0. The number of hydrogen-bond acceptors (Lipinski definition) is 2. The van der Waals surface area contributed by atoms with E-state index in [0.29, 0.717) is 0 Å². The Balaban J connectivity index is 2.94. The third kappa shape index (κ3) is 19.9. The van der Waals surface area contributed by atoms with Crippen molar-refractivity contribution < 1.29 is 9.78 Å². The van der Waals surface area contributed by atoms with E-state index in [1.54, 1.807) is 0 Å². The smallest absolute Gasteiger partial charge is 0.0822 e. The van der Waals surface area contributed by atoms with E-state index in [1.165, 1.54) is 77.0 Å². The van der Waals surface area contributed by atoms with Gasteiger partial charge in [0.2, 0.25) is 0 Å². The molecule has 22 heavy (non-hydrogen) atoms. The van der Waals surface area contributed by atoms with Crippen LogP contribution < -0.4 is 0 Å². The zero-order valence-electron chi connectivity index (χ0n) is 15.7. The third-order valence-corrected chi connectivity index (χ3v) is 4.17. The summed E-state index contributed by atoms with van der Waals surface area (Å²) in [5.41, 5.74) is 0. The molecule has 2 nitrogen and oxygen atoms in total. The second-order valence-corrected chi connectivity index (χ2v) is 7.07. The van der Waals surface area contributed by atoms with Gasteiger partial charge in [0.05, 0.1) is 13.2 Å². The number of unbranched alkanes of at least 4 members (excludes halogenated alkanes) is 11. The van der Waals surface area contributed by atoms with Gasteiger partial charge in [0.1, 0.15) is 0 Å². The first-order chi connectivity index (χ1) is 10.8. The normalized spacial score (nSPS) is 11.5. The van der Waals surface area contributed by atoms with Crippen molar-refractivity contribution >= 4 is 0 Å². The monoisotopic (exact) mass is 314 g/mol. The van der Waals surface area contributed by atoms with Crippen molar-refractivity contribution in [3.05, 3.63) is 0 Å². The molecule has 0 N–H and O–H groups in total. The summed E-state index contributed by atoms with van der Waals surface area (Å²) in [6, 6.07) is 0. The topological polar surface area (TPSA) is 18.5 Å². The Morgan fingerprint density at radius 3 is 1.41 bits per heavy atom. The fraction of sp³-hybridized carbons (Fsp3) is 1.00. The van der Waals surface area contributed by atoms with Crippen LogP contribution in [0.5, 0.6) is 0 Å². The van der Waals surface area contributed by atoms with E-state index in [1.807, 2.05) is 0 Å². The minimum absolute atomic E-state index is 0.765. The highest BCUT2D eigenvalue weighted by atomic mass is 17.2. The quantitative estimate of drug-likeness (QED) is 0.153. The average molecular weight is 315 g/mol. The van der Waals surface area contributed by atoms with Crippen molar-refractivity contribution in [2.45, 2.75) is 111 Å². The first kappa shape index (κ1) is 21.9. The summed E-state index contributed by atoms with van der Waals surface area (Å²) >= 11 is 0. The lowest BCUT2D eigenvalue weighted by atomic mass is 10.0. The molecule has 0 saturated heterocycles. The lowest BCUT2D eigenvalue weighted by Gasteiger charge is -2.05. The second kappa shape index (κ2) is 19.0. The molecule has 2 heteroatoms. The molecule has 0 aromatic heterocycles. The van der Waals surface area contributed by atoms with Gasteiger partial charge in [0.25, 0.3) is 0 Å². The molecule has 0 aromatic rings. The molecule has 0 aliphatic rings. The Bertz CT molecular complexity index is 192. The molecule has 0 aliphatic heterocycles. The van der Waals surface area contributed by atoms with E-state index in [2.05, 4.69) is 20.8 Å². The second-order valence-electron chi connectivity index (χ2n) is 7.07. The van der Waals surface area contributed by atoms with Crippen LogP contribution in [0.15, 0.2) is 0 Å². The van der Waals surface area contributed by atoms with Gasteiger partial charge in [-0.15, -0.1) is 0 Å². The van der Waals surface area contributed by atoms with Crippen molar-refractivity contribution in [2.24, 2.45) is 5.92 Å². The average Bonchev–Trinajstić information content (AvgIpc) is 2.50. The first-order valence-corrected chi connectivity index (χ1v) is 10.0. The highest BCUT2D eigenvalue weighted by Gasteiger charge is 1.96. The first-order valence-electron chi connectivity index (χ1n) is 10.0. The molecule has 0 aromatic carbocycles. The molecule has 0 radical (unpaired) electrons. The molecular formula is C20H42O2. The van der Waals surface area contributed by atoms with Crippen molar-refractivity contribution in [1.82, 2.24) is 0 Å². The molecule has 0 fully saturated rings. The summed E-state index contributed by atoms with van der Waals surface area (Å²) in [4.78, 5) is 10.5. The summed E-state index contributed by atoms with van der Waals surface area (Å²) in [6.07, 6.45) is 18.6. The van der Waals surface area contributed by atoms with E-state index in [4.69, 9.17) is 9.78 Å². The lowest BCUT2D eigenvalue weighted by Crippen LogP contribution is -1.99. The largest absolute Gasteiger partial charge is 0.237 e. The predicted molar refractivity (Wildman–Crippen MR) is 97.1 cm³/mol. The van der Waals surface area contributed by atoms with Crippen molar-refractivity contribution in [3.8, 4) is 0 Å². The fourth-order valence-corrected chi connectivity index (χ4v) is 2.66. The zero-order chi connectivity index (χ0) is 16.3. The summed E-state index contributed by atoms with van der Waals surface area (Å²) in [6.45, 7) is 8.41. The van der Waals surface area contributed by atoms with Gasteiger partial charge in [-0.1, -0.05) is 97.8 Å². The standard InChI is InChI=1S/C20H42O2/c1-4-5-6-7-8-9-12-15-18-21-22-19-16-13-10-11-14-17-20(2)3/h20H,4-19H2,1-3H3. The highest BCUT2D eigenvalue weighted by molar-refractivity contribution is 4.48. The zero-order valence-corrected chi connectivity index (χ0v) is 15.7. The van der Waals surface area contributed by atoms with E-state index >= 15 is 0 Å². The molecule has 0 aliphatic carbocycles. The van der Waals surface area contributed by atoms with Gasteiger partial charge < -0.3 is 0 Å². The maximum atomic E-state index is 5.24. The summed E-state index contributed by atoms with van der Waals surface area (Å²) < 4.78 is 0. The molecule has 0 bridgehead atoms. The van der Waals surface area contributed by atoms with Crippen LogP contribution in [0.25, 0.3) is 0 Å². The molecular weight excluding hydrogens is 272 g/mol. The summed E-state index contributed by atoms with van der Waals surface area (Å²) in [5.74, 6) is 0.855. The Morgan fingerprint density at radius 1 is 0.545 bits per heavy atom. The molecule has 0 atom stereocenters. The van der Waals surface area contributed by atoms with Crippen LogP contribution in [0.2, 0.25) is 0 Å². The van der Waals surface area contributed by atoms with Gasteiger partial charge in [-0.05, 0) is 18.8 Å². The van der Waals surface area contributed by atoms with Crippen LogP contribution in [-0.4, -0.2) is 13.2 Å². The van der Waals surface area contributed by atoms with Gasteiger partial charge >= 0.3 is 0 Å². The van der Waals surface area contributed by atoms with Crippen LogP contribution in [0.1, 0.15) is 111 Å². The molecule has 0 heterocycles. The van der Waals surface area contributed by atoms with E-state index in [0.717, 1.165) is 32.0 Å². The highest BCUT2D eigenvalue weighted by Crippen LogP contribution is 2.11. The van der Waals surface area contributed by atoms with Gasteiger partial charge in [-0.25, -0.2) is 9.78 Å². The van der Waals surface area contributed by atoms with Crippen LogP contribution in [0, 0.1) is 5.92 Å². The van der Waals surface area contributed by atoms with E-state index < -0.39 is 0 Å². The maximum Gasteiger partial charge on any atom is 0.0822 e. The minimum atomic E-state index is 0.765. The maximum absolute atomic E-state index is 5.24. The Labute approximate surface area is 140 Å². The molecule has 0 saturated carbocycles.